The Morgan fingerprint density at radius 3 is 2.42 bits per heavy atom. The first kappa shape index (κ1) is 22.0. The van der Waals surface area contributed by atoms with Crippen LogP contribution in [-0.2, 0) is 9.59 Å². The van der Waals surface area contributed by atoms with Crippen LogP contribution in [0.1, 0.15) is 23.7 Å². The molecule has 0 aliphatic carbocycles. The van der Waals surface area contributed by atoms with Gasteiger partial charge in [0.1, 0.15) is 0 Å². The Labute approximate surface area is 184 Å². The molecule has 0 bridgehead atoms. The number of hydrogen-bond acceptors (Lipinski definition) is 5. The fraction of sp³-hybridized carbons (Fsp3) is 0.174. The number of carbonyl (C=O) groups excluding carboxylic acids is 3. The van der Waals surface area contributed by atoms with E-state index in [0.29, 0.717) is 29.2 Å². The molecule has 4 N–H and O–H groups in total. The Balaban J connectivity index is 1.61. The molecule has 160 valence electrons. The van der Waals surface area contributed by atoms with Gasteiger partial charge in [-0.05, 0) is 53.4 Å². The van der Waals surface area contributed by atoms with Crippen molar-refractivity contribution in [3.63, 3.8) is 0 Å². The number of rotatable bonds is 7. The summed E-state index contributed by atoms with van der Waals surface area (Å²) in [7, 11) is 1.64. The van der Waals surface area contributed by atoms with Crippen molar-refractivity contribution in [3.8, 4) is 10.4 Å². The van der Waals surface area contributed by atoms with Crippen LogP contribution in [0.25, 0.3) is 10.4 Å². The molecule has 0 aliphatic rings. The molecule has 31 heavy (non-hydrogen) atoms. The summed E-state index contributed by atoms with van der Waals surface area (Å²) in [6.45, 7) is 1.79. The molecule has 3 rings (SSSR count). The van der Waals surface area contributed by atoms with E-state index in [4.69, 9.17) is 5.73 Å². The molecule has 0 unspecified atom stereocenters. The Morgan fingerprint density at radius 2 is 1.77 bits per heavy atom. The van der Waals surface area contributed by atoms with Crippen molar-refractivity contribution in [2.45, 2.75) is 13.3 Å². The van der Waals surface area contributed by atoms with Gasteiger partial charge in [0.25, 0.3) is 5.91 Å². The summed E-state index contributed by atoms with van der Waals surface area (Å²) >= 11 is 1.61. The van der Waals surface area contributed by atoms with Gasteiger partial charge in [-0.25, -0.2) is 0 Å². The van der Waals surface area contributed by atoms with E-state index in [2.05, 4.69) is 10.6 Å². The fourth-order valence-electron chi connectivity index (χ4n) is 2.81. The molecule has 0 aliphatic heterocycles. The molecule has 8 heteroatoms. The van der Waals surface area contributed by atoms with Gasteiger partial charge in [-0.3, -0.25) is 14.4 Å². The summed E-state index contributed by atoms with van der Waals surface area (Å²) in [6.07, 6.45) is 0.193. The monoisotopic (exact) mass is 436 g/mol. The summed E-state index contributed by atoms with van der Waals surface area (Å²) < 4.78 is 0. The average Bonchev–Trinajstić information content (AvgIpc) is 3.29. The van der Waals surface area contributed by atoms with E-state index in [1.807, 2.05) is 29.6 Å². The maximum atomic E-state index is 12.7. The highest BCUT2D eigenvalue weighted by molar-refractivity contribution is 7.13. The fourth-order valence-corrected chi connectivity index (χ4v) is 3.53. The van der Waals surface area contributed by atoms with Crippen LogP contribution in [0, 0.1) is 0 Å². The number of nitrogens with zero attached hydrogens (tertiary/aromatic N) is 1. The van der Waals surface area contributed by atoms with Gasteiger partial charge in [0.15, 0.2) is 0 Å². The van der Waals surface area contributed by atoms with Gasteiger partial charge in [-0.2, -0.15) is 0 Å². The summed E-state index contributed by atoms with van der Waals surface area (Å²) in [5.74, 6) is -0.593. The molecular weight excluding hydrogens is 412 g/mol. The minimum Gasteiger partial charge on any atom is -0.397 e. The van der Waals surface area contributed by atoms with Crippen LogP contribution >= 0.6 is 11.3 Å². The second-order valence-corrected chi connectivity index (χ2v) is 8.00. The minimum atomic E-state index is -0.295. The lowest BCUT2D eigenvalue weighted by atomic mass is 10.1. The van der Waals surface area contributed by atoms with Gasteiger partial charge in [-0.15, -0.1) is 11.3 Å². The molecule has 2 aromatic carbocycles. The number of nitrogen functional groups attached to an aromatic ring is 1. The lowest BCUT2D eigenvalue weighted by Crippen LogP contribution is -2.28. The topological polar surface area (TPSA) is 105 Å². The van der Waals surface area contributed by atoms with Crippen LogP contribution in [0.2, 0.25) is 0 Å². The van der Waals surface area contributed by atoms with Crippen LogP contribution in [0.15, 0.2) is 60.0 Å². The van der Waals surface area contributed by atoms with Gasteiger partial charge in [0, 0.05) is 43.1 Å². The van der Waals surface area contributed by atoms with Crippen LogP contribution in [0.4, 0.5) is 17.1 Å². The number of nitrogens with two attached hydrogens (primary N) is 1. The number of thiophene rings is 1. The SMILES string of the molecule is CC(=O)N(C)CCC(=O)Nc1ccc(C(=O)Nc2cc(-c3cccs3)ccc2N)cc1. The number of carbonyl (C=O) groups is 3. The van der Waals surface area contributed by atoms with E-state index >= 15 is 0 Å². The Kier molecular flexibility index (Phi) is 7.04. The number of anilines is 3. The molecular formula is C23H24N4O3S. The van der Waals surface area contributed by atoms with Crippen molar-refractivity contribution in [3.05, 3.63) is 65.5 Å². The van der Waals surface area contributed by atoms with Crippen molar-refractivity contribution in [2.24, 2.45) is 0 Å². The van der Waals surface area contributed by atoms with Gasteiger partial charge < -0.3 is 21.3 Å². The highest BCUT2D eigenvalue weighted by Gasteiger charge is 2.11. The second kappa shape index (κ2) is 9.90. The number of nitrogens with one attached hydrogen (secondary N) is 2. The molecule has 0 saturated heterocycles. The maximum Gasteiger partial charge on any atom is 0.255 e. The molecule has 0 radical (unpaired) electrons. The molecule has 0 saturated carbocycles. The quantitative estimate of drug-likeness (QED) is 0.486. The van der Waals surface area contributed by atoms with Crippen molar-refractivity contribution in [1.82, 2.24) is 4.90 Å². The molecule has 3 aromatic rings. The van der Waals surface area contributed by atoms with Crippen molar-refractivity contribution < 1.29 is 14.4 Å². The standard InChI is InChI=1S/C23H24N4O3S/c1-15(28)27(2)12-11-22(29)25-18-8-5-16(6-9-18)23(30)26-20-14-17(7-10-19(20)24)21-4-3-13-31-21/h3-10,13-14H,11-12,24H2,1-2H3,(H,25,29)(H,26,30). The normalized spacial score (nSPS) is 10.4. The van der Waals surface area contributed by atoms with Gasteiger partial charge in [0.05, 0.1) is 11.4 Å². The third-order valence-electron chi connectivity index (χ3n) is 4.75. The van der Waals surface area contributed by atoms with Crippen LogP contribution < -0.4 is 16.4 Å². The Bertz CT molecular complexity index is 1080. The molecule has 1 aromatic heterocycles. The first-order chi connectivity index (χ1) is 14.8. The van der Waals surface area contributed by atoms with Crippen molar-refractivity contribution in [1.29, 1.82) is 0 Å². The Hall–Kier alpha value is -3.65. The average molecular weight is 437 g/mol. The minimum absolute atomic E-state index is 0.0928. The van der Waals surface area contributed by atoms with Gasteiger partial charge in [0.2, 0.25) is 11.8 Å². The van der Waals surface area contributed by atoms with E-state index in [-0.39, 0.29) is 24.1 Å². The summed E-state index contributed by atoms with van der Waals surface area (Å²) in [5, 5.41) is 7.60. The van der Waals surface area contributed by atoms with Crippen LogP contribution in [-0.4, -0.2) is 36.2 Å². The largest absolute Gasteiger partial charge is 0.397 e. The van der Waals surface area contributed by atoms with Crippen molar-refractivity contribution in [2.75, 3.05) is 30.0 Å². The summed E-state index contributed by atoms with van der Waals surface area (Å²) in [5.41, 5.74) is 9.05. The van der Waals surface area contributed by atoms with E-state index in [9.17, 15) is 14.4 Å². The number of amides is 3. The van der Waals surface area contributed by atoms with E-state index in [1.54, 1.807) is 48.7 Å². The Morgan fingerprint density at radius 1 is 1.03 bits per heavy atom. The molecule has 1 heterocycles. The first-order valence-electron chi connectivity index (χ1n) is 9.70. The highest BCUT2D eigenvalue weighted by atomic mass is 32.1. The predicted molar refractivity (Wildman–Crippen MR) is 125 cm³/mol. The predicted octanol–water partition coefficient (Wildman–Crippen LogP) is 4.06. The lowest BCUT2D eigenvalue weighted by molar-refractivity contribution is -0.128. The molecule has 0 atom stereocenters. The van der Waals surface area contributed by atoms with Gasteiger partial charge >= 0.3 is 0 Å². The molecule has 3 amide bonds. The first-order valence-corrected chi connectivity index (χ1v) is 10.6. The summed E-state index contributed by atoms with van der Waals surface area (Å²) in [4.78, 5) is 38.4. The zero-order valence-corrected chi connectivity index (χ0v) is 18.2. The van der Waals surface area contributed by atoms with Crippen molar-refractivity contribution >= 4 is 46.1 Å². The van der Waals surface area contributed by atoms with Crippen LogP contribution in [0.5, 0.6) is 0 Å². The molecule has 7 nitrogen and oxygen atoms in total. The maximum absolute atomic E-state index is 12.7. The number of benzene rings is 2. The van der Waals surface area contributed by atoms with Gasteiger partial charge in [-0.1, -0.05) is 12.1 Å². The number of hydrogen-bond donors (Lipinski definition) is 3. The second-order valence-electron chi connectivity index (χ2n) is 7.05. The zero-order valence-electron chi connectivity index (χ0n) is 17.3. The highest BCUT2D eigenvalue weighted by Crippen LogP contribution is 2.30. The third kappa shape index (κ3) is 5.93. The van der Waals surface area contributed by atoms with E-state index < -0.39 is 0 Å². The van der Waals surface area contributed by atoms with Crippen LogP contribution in [0.3, 0.4) is 0 Å². The zero-order chi connectivity index (χ0) is 22.4. The van der Waals surface area contributed by atoms with E-state index in [1.165, 1.54) is 11.8 Å². The molecule has 0 fully saturated rings. The third-order valence-corrected chi connectivity index (χ3v) is 5.67. The summed E-state index contributed by atoms with van der Waals surface area (Å²) in [6, 6.07) is 16.1. The lowest BCUT2D eigenvalue weighted by Gasteiger charge is -2.14. The van der Waals surface area contributed by atoms with E-state index in [0.717, 1.165) is 10.4 Å². The molecule has 0 spiro atoms. The smallest absolute Gasteiger partial charge is 0.255 e.